The van der Waals surface area contributed by atoms with Crippen LogP contribution >= 0.6 is 0 Å². The SMILES string of the molecule is O=C(NC1=COC=C(C2=CC=CCC2)O1)c1ccc(C=CC(F)(F)F)cc1. The Morgan fingerprint density at radius 1 is 1.15 bits per heavy atom. The molecule has 1 amide bonds. The molecule has 7 heteroatoms. The summed E-state index contributed by atoms with van der Waals surface area (Å²) in [4.78, 5) is 12.3. The lowest BCUT2D eigenvalue weighted by Gasteiger charge is -2.19. The first-order chi connectivity index (χ1) is 12.9. The molecule has 0 radical (unpaired) electrons. The van der Waals surface area contributed by atoms with E-state index in [1.54, 1.807) is 0 Å². The maximum Gasteiger partial charge on any atom is 0.409 e. The van der Waals surface area contributed by atoms with E-state index < -0.39 is 12.1 Å². The van der Waals surface area contributed by atoms with Gasteiger partial charge in [0.25, 0.3) is 5.91 Å². The molecule has 0 unspecified atom stereocenters. The van der Waals surface area contributed by atoms with Crippen molar-refractivity contribution in [2.24, 2.45) is 0 Å². The summed E-state index contributed by atoms with van der Waals surface area (Å²) in [6.45, 7) is 0. The summed E-state index contributed by atoms with van der Waals surface area (Å²) in [5.41, 5.74) is 1.57. The largest absolute Gasteiger partial charge is 0.463 e. The minimum Gasteiger partial charge on any atom is -0.463 e. The number of carbonyl (C=O) groups excluding carboxylic acids is 1. The van der Waals surface area contributed by atoms with Crippen LogP contribution in [0, 0.1) is 0 Å². The Kier molecular flexibility index (Phi) is 5.49. The van der Waals surface area contributed by atoms with Crippen LogP contribution in [0.25, 0.3) is 6.08 Å². The zero-order valence-electron chi connectivity index (χ0n) is 14.1. The summed E-state index contributed by atoms with van der Waals surface area (Å²) in [6, 6.07) is 5.71. The van der Waals surface area contributed by atoms with Crippen molar-refractivity contribution in [2.75, 3.05) is 0 Å². The fraction of sp³-hybridized carbons (Fsp3) is 0.150. The molecule has 1 heterocycles. The first-order valence-corrected chi connectivity index (χ1v) is 8.18. The van der Waals surface area contributed by atoms with Crippen LogP contribution in [0.2, 0.25) is 0 Å². The molecule has 0 spiro atoms. The minimum absolute atomic E-state index is 0.133. The highest BCUT2D eigenvalue weighted by Crippen LogP contribution is 2.25. The van der Waals surface area contributed by atoms with E-state index >= 15 is 0 Å². The van der Waals surface area contributed by atoms with E-state index in [-0.39, 0.29) is 17.5 Å². The van der Waals surface area contributed by atoms with Gasteiger partial charge in [0.2, 0.25) is 5.88 Å². The Labute approximate surface area is 154 Å². The molecule has 2 aliphatic rings. The van der Waals surface area contributed by atoms with Crippen molar-refractivity contribution in [3.63, 3.8) is 0 Å². The third kappa shape index (κ3) is 5.37. The third-order valence-corrected chi connectivity index (χ3v) is 3.77. The van der Waals surface area contributed by atoms with E-state index in [1.807, 2.05) is 18.2 Å². The van der Waals surface area contributed by atoms with Gasteiger partial charge in [0.1, 0.15) is 6.26 Å². The van der Waals surface area contributed by atoms with Crippen molar-refractivity contribution >= 4 is 12.0 Å². The maximum atomic E-state index is 12.3. The van der Waals surface area contributed by atoms with E-state index in [0.717, 1.165) is 24.5 Å². The predicted octanol–water partition coefficient (Wildman–Crippen LogP) is 4.96. The molecular weight excluding hydrogens is 359 g/mol. The Bertz CT molecular complexity index is 859. The fourth-order valence-corrected chi connectivity index (χ4v) is 2.45. The number of amides is 1. The van der Waals surface area contributed by atoms with Crippen molar-refractivity contribution in [3.05, 3.63) is 89.4 Å². The third-order valence-electron chi connectivity index (χ3n) is 3.77. The van der Waals surface area contributed by atoms with E-state index in [4.69, 9.17) is 9.47 Å². The highest BCUT2D eigenvalue weighted by atomic mass is 19.4. The van der Waals surface area contributed by atoms with Gasteiger partial charge in [0.05, 0.1) is 0 Å². The molecule has 1 aliphatic heterocycles. The van der Waals surface area contributed by atoms with Crippen molar-refractivity contribution in [1.82, 2.24) is 5.32 Å². The Morgan fingerprint density at radius 2 is 1.93 bits per heavy atom. The average molecular weight is 375 g/mol. The highest BCUT2D eigenvalue weighted by molar-refractivity contribution is 5.95. The van der Waals surface area contributed by atoms with Crippen LogP contribution in [0.4, 0.5) is 13.2 Å². The van der Waals surface area contributed by atoms with Gasteiger partial charge in [0, 0.05) is 11.6 Å². The minimum atomic E-state index is -4.38. The van der Waals surface area contributed by atoms with E-state index in [1.165, 1.54) is 36.8 Å². The number of rotatable bonds is 4. The summed E-state index contributed by atoms with van der Waals surface area (Å²) in [6.07, 6.45) is 7.01. The van der Waals surface area contributed by atoms with Crippen molar-refractivity contribution < 1.29 is 27.4 Å². The van der Waals surface area contributed by atoms with Gasteiger partial charge in [0.15, 0.2) is 12.0 Å². The van der Waals surface area contributed by atoms with Crippen LogP contribution < -0.4 is 5.32 Å². The lowest BCUT2D eigenvalue weighted by Crippen LogP contribution is -2.25. The van der Waals surface area contributed by atoms with Gasteiger partial charge in [-0.25, -0.2) is 0 Å². The quantitative estimate of drug-likeness (QED) is 0.810. The molecule has 140 valence electrons. The molecule has 0 bridgehead atoms. The Hall–Kier alpha value is -3.22. The molecule has 3 rings (SSSR count). The normalized spacial score (nSPS) is 16.8. The topological polar surface area (TPSA) is 47.6 Å². The summed E-state index contributed by atoms with van der Waals surface area (Å²) in [7, 11) is 0. The summed E-state index contributed by atoms with van der Waals surface area (Å²) in [5.74, 6) is 0.189. The molecular formula is C20H16F3NO3. The van der Waals surface area contributed by atoms with Crippen LogP contribution in [0.1, 0.15) is 28.8 Å². The number of halogens is 3. The van der Waals surface area contributed by atoms with E-state index in [2.05, 4.69) is 5.32 Å². The molecule has 1 aromatic rings. The van der Waals surface area contributed by atoms with E-state index in [9.17, 15) is 18.0 Å². The van der Waals surface area contributed by atoms with Crippen molar-refractivity contribution in [2.45, 2.75) is 19.0 Å². The zero-order valence-corrected chi connectivity index (χ0v) is 14.1. The monoisotopic (exact) mass is 375 g/mol. The zero-order chi connectivity index (χ0) is 19.3. The number of allylic oxidation sites excluding steroid dienone is 5. The molecule has 0 saturated carbocycles. The van der Waals surface area contributed by atoms with Gasteiger partial charge in [-0.05, 0) is 36.1 Å². The number of ether oxygens (including phenoxy) is 2. The first kappa shape index (κ1) is 18.6. The second-order valence-corrected chi connectivity index (χ2v) is 5.81. The first-order valence-electron chi connectivity index (χ1n) is 8.18. The smallest absolute Gasteiger partial charge is 0.409 e. The van der Waals surface area contributed by atoms with Crippen LogP contribution in [-0.4, -0.2) is 12.1 Å². The number of hydrogen-bond acceptors (Lipinski definition) is 3. The number of alkyl halides is 3. The molecule has 1 N–H and O–H groups in total. The summed E-state index contributed by atoms with van der Waals surface area (Å²) < 4.78 is 47.4. The number of nitrogens with one attached hydrogen (secondary N) is 1. The molecule has 27 heavy (non-hydrogen) atoms. The Morgan fingerprint density at radius 3 is 2.59 bits per heavy atom. The van der Waals surface area contributed by atoms with Gasteiger partial charge in [-0.1, -0.05) is 36.4 Å². The molecule has 0 saturated heterocycles. The van der Waals surface area contributed by atoms with Crippen molar-refractivity contribution in [3.8, 4) is 0 Å². The molecule has 4 nitrogen and oxygen atoms in total. The number of carbonyl (C=O) groups is 1. The van der Waals surface area contributed by atoms with Crippen LogP contribution in [0.3, 0.4) is 0 Å². The molecule has 1 aliphatic carbocycles. The van der Waals surface area contributed by atoms with Crippen LogP contribution in [0.15, 0.2) is 78.3 Å². The molecule has 0 atom stereocenters. The highest BCUT2D eigenvalue weighted by Gasteiger charge is 2.22. The lowest BCUT2D eigenvalue weighted by atomic mass is 10.0. The second kappa shape index (κ2) is 7.99. The second-order valence-electron chi connectivity index (χ2n) is 5.81. The van der Waals surface area contributed by atoms with Crippen LogP contribution in [-0.2, 0) is 9.47 Å². The van der Waals surface area contributed by atoms with Gasteiger partial charge in [-0.15, -0.1) is 0 Å². The number of benzene rings is 1. The summed E-state index contributed by atoms with van der Waals surface area (Å²) >= 11 is 0. The van der Waals surface area contributed by atoms with Gasteiger partial charge < -0.3 is 9.47 Å². The van der Waals surface area contributed by atoms with Gasteiger partial charge in [-0.3, -0.25) is 10.1 Å². The lowest BCUT2D eigenvalue weighted by molar-refractivity contribution is -0.0790. The standard InChI is InChI=1S/C20H16F3NO3/c21-20(22,23)11-10-14-6-8-16(9-7-14)19(25)24-18-13-26-12-17(27-18)15-4-2-1-3-5-15/h1-2,4,6-13H,3,5H2,(H,24,25). The van der Waals surface area contributed by atoms with Gasteiger partial charge in [-0.2, -0.15) is 13.2 Å². The van der Waals surface area contributed by atoms with Crippen LogP contribution in [0.5, 0.6) is 0 Å². The maximum absolute atomic E-state index is 12.3. The molecule has 0 aromatic heterocycles. The number of hydrogen-bond donors (Lipinski definition) is 1. The Balaban J connectivity index is 1.60. The molecule has 0 fully saturated rings. The fourth-order valence-electron chi connectivity index (χ4n) is 2.45. The summed E-state index contributed by atoms with van der Waals surface area (Å²) in [5, 5.41) is 2.57. The molecule has 1 aromatic carbocycles. The predicted molar refractivity (Wildman–Crippen MR) is 93.8 cm³/mol. The van der Waals surface area contributed by atoms with Gasteiger partial charge >= 0.3 is 6.18 Å². The average Bonchev–Trinajstić information content (AvgIpc) is 2.67. The van der Waals surface area contributed by atoms with Crippen molar-refractivity contribution in [1.29, 1.82) is 0 Å². The van der Waals surface area contributed by atoms with E-state index in [0.29, 0.717) is 11.3 Å².